The number of amidine groups is 1. The maximum absolute atomic E-state index is 12.9. The Morgan fingerprint density at radius 1 is 1.33 bits per heavy atom. The zero-order valence-electron chi connectivity index (χ0n) is 11.3. The van der Waals surface area contributed by atoms with Gasteiger partial charge in [0.15, 0.2) is 10.8 Å². The van der Waals surface area contributed by atoms with Crippen molar-refractivity contribution in [2.45, 2.75) is 55.4 Å². The van der Waals surface area contributed by atoms with Crippen LogP contribution in [0.15, 0.2) is 4.99 Å². The van der Waals surface area contributed by atoms with Crippen molar-refractivity contribution in [2.75, 3.05) is 6.54 Å². The number of hydrogen-bond acceptors (Lipinski definition) is 7. The lowest BCUT2D eigenvalue weighted by Gasteiger charge is -2.44. The van der Waals surface area contributed by atoms with E-state index in [2.05, 4.69) is 10.3 Å². The van der Waals surface area contributed by atoms with Crippen molar-refractivity contribution in [3.8, 4) is 0 Å². The minimum absolute atomic E-state index is 0.422. The van der Waals surface area contributed by atoms with E-state index in [9.17, 15) is 28.5 Å². The van der Waals surface area contributed by atoms with Gasteiger partial charge in [-0.15, -0.1) is 0 Å². The van der Waals surface area contributed by atoms with Gasteiger partial charge in [-0.1, -0.05) is 11.8 Å². The van der Waals surface area contributed by atoms with Gasteiger partial charge in [0.05, 0.1) is 0 Å². The van der Waals surface area contributed by atoms with Crippen molar-refractivity contribution in [3.05, 3.63) is 0 Å². The smallest absolute Gasteiger partial charge is 0.388 e. The van der Waals surface area contributed by atoms with Crippen LogP contribution in [-0.2, 0) is 4.74 Å². The fraction of sp³-hybridized carbons (Fsp3) is 0.909. The molecule has 0 bridgehead atoms. The molecular weight excluding hydrogens is 313 g/mol. The van der Waals surface area contributed by atoms with Gasteiger partial charge in [0.25, 0.3) is 0 Å². The van der Waals surface area contributed by atoms with E-state index in [1.165, 1.54) is 0 Å². The molecular formula is C11H17F3N2O4S. The van der Waals surface area contributed by atoms with Crippen LogP contribution < -0.4 is 5.32 Å². The van der Waals surface area contributed by atoms with E-state index in [0.29, 0.717) is 18.6 Å². The van der Waals surface area contributed by atoms with E-state index < -0.39 is 41.6 Å². The van der Waals surface area contributed by atoms with Crippen molar-refractivity contribution in [3.63, 3.8) is 0 Å². The second kappa shape index (κ2) is 5.58. The lowest BCUT2D eigenvalue weighted by Crippen LogP contribution is -2.66. The molecule has 0 aromatic rings. The first-order chi connectivity index (χ1) is 9.59. The standard InChI is InChI=1S/C11H17F3N2O4S/c1-3-15-9-16-4-5(17)6(18)7(20-8(4)21-9)10(2,19)11(12,13)14/h4-8,17-19H,3H2,1-2H3,(H,15,16)/t4-,5-,6+,7+,8-,10-/m1/s1. The number of nitrogens with one attached hydrogen (secondary N) is 1. The van der Waals surface area contributed by atoms with E-state index >= 15 is 0 Å². The topological polar surface area (TPSA) is 94.3 Å². The highest BCUT2D eigenvalue weighted by Crippen LogP contribution is 2.43. The van der Waals surface area contributed by atoms with Crippen molar-refractivity contribution >= 4 is 16.9 Å². The molecule has 0 unspecified atom stereocenters. The number of hydrogen-bond donors (Lipinski definition) is 4. The number of ether oxygens (including phenoxy) is 1. The van der Waals surface area contributed by atoms with Crippen LogP contribution in [0, 0.1) is 0 Å². The average Bonchev–Trinajstić information content (AvgIpc) is 2.75. The summed E-state index contributed by atoms with van der Waals surface area (Å²) in [6.07, 6.45) is -10.4. The molecule has 0 spiro atoms. The Kier molecular flexibility index (Phi) is 4.47. The van der Waals surface area contributed by atoms with Crippen molar-refractivity contribution in [1.82, 2.24) is 5.32 Å². The number of aliphatic hydroxyl groups excluding tert-OH is 2. The molecule has 0 radical (unpaired) electrons. The molecule has 0 saturated carbocycles. The molecule has 122 valence electrons. The summed E-state index contributed by atoms with van der Waals surface area (Å²) in [5, 5.41) is 32.8. The Labute approximate surface area is 123 Å². The molecule has 0 aliphatic carbocycles. The summed E-state index contributed by atoms with van der Waals surface area (Å²) < 4.78 is 43.9. The lowest BCUT2D eigenvalue weighted by molar-refractivity contribution is -0.317. The molecule has 2 aliphatic rings. The number of thioether (sulfide) groups is 1. The number of aliphatic imine (C=N–C) groups is 1. The number of rotatable bonds is 2. The van der Waals surface area contributed by atoms with Crippen LogP contribution in [0.5, 0.6) is 0 Å². The van der Waals surface area contributed by atoms with Crippen LogP contribution in [0.4, 0.5) is 13.2 Å². The number of halogens is 3. The van der Waals surface area contributed by atoms with Crippen LogP contribution in [0.25, 0.3) is 0 Å². The SMILES string of the molecule is CCNC1=N[C@@H]2[C@@H](O)[C@H](O)[C@@H]([C@@](C)(O)C(F)(F)F)O[C@@H]2S1. The summed E-state index contributed by atoms with van der Waals surface area (Å²) >= 11 is 1.02. The van der Waals surface area contributed by atoms with Crippen LogP contribution in [-0.4, -0.2) is 68.6 Å². The summed E-state index contributed by atoms with van der Waals surface area (Å²) in [5.41, 5.74) is -4.17. The number of nitrogens with zero attached hydrogens (tertiary/aromatic N) is 1. The third kappa shape index (κ3) is 2.87. The highest BCUT2D eigenvalue weighted by atomic mass is 32.2. The minimum Gasteiger partial charge on any atom is -0.388 e. The Morgan fingerprint density at radius 3 is 2.48 bits per heavy atom. The maximum Gasteiger partial charge on any atom is 0.419 e. The fourth-order valence-corrected chi connectivity index (χ4v) is 3.39. The maximum atomic E-state index is 12.9. The second-order valence-corrected chi connectivity index (χ2v) is 6.21. The van der Waals surface area contributed by atoms with Crippen molar-refractivity contribution in [1.29, 1.82) is 0 Å². The molecule has 1 fully saturated rings. The van der Waals surface area contributed by atoms with E-state index in [4.69, 9.17) is 4.74 Å². The van der Waals surface area contributed by atoms with E-state index in [1.54, 1.807) is 0 Å². The van der Waals surface area contributed by atoms with Crippen molar-refractivity contribution < 1.29 is 33.2 Å². The number of aliphatic hydroxyl groups is 3. The third-order valence-electron chi connectivity index (χ3n) is 3.52. The predicted octanol–water partition coefficient (Wildman–Crippen LogP) is -0.173. The zero-order valence-corrected chi connectivity index (χ0v) is 12.1. The number of alkyl halides is 3. The van der Waals surface area contributed by atoms with Gasteiger partial charge in [-0.25, -0.2) is 0 Å². The molecule has 6 atom stereocenters. The highest BCUT2D eigenvalue weighted by Gasteiger charge is 2.62. The molecule has 2 aliphatic heterocycles. The lowest BCUT2D eigenvalue weighted by atomic mass is 9.87. The molecule has 10 heteroatoms. The molecule has 2 heterocycles. The Morgan fingerprint density at radius 2 is 1.95 bits per heavy atom. The number of fused-ring (bicyclic) bond motifs is 1. The highest BCUT2D eigenvalue weighted by molar-refractivity contribution is 8.14. The van der Waals surface area contributed by atoms with E-state index in [-0.39, 0.29) is 0 Å². The summed E-state index contributed by atoms with van der Waals surface area (Å²) in [6, 6.07) is -0.876. The monoisotopic (exact) mass is 330 g/mol. The van der Waals surface area contributed by atoms with Gasteiger partial charge < -0.3 is 25.4 Å². The van der Waals surface area contributed by atoms with Gasteiger partial charge in [-0.2, -0.15) is 13.2 Å². The minimum atomic E-state index is -5.00. The van der Waals surface area contributed by atoms with E-state index in [0.717, 1.165) is 11.8 Å². The van der Waals surface area contributed by atoms with E-state index in [1.807, 2.05) is 6.92 Å². The van der Waals surface area contributed by atoms with Gasteiger partial charge in [-0.3, -0.25) is 4.99 Å². The second-order valence-electron chi connectivity index (χ2n) is 5.12. The molecule has 0 amide bonds. The first-order valence-electron chi connectivity index (χ1n) is 6.38. The first kappa shape index (κ1) is 16.8. The fourth-order valence-electron chi connectivity index (χ4n) is 2.22. The van der Waals surface area contributed by atoms with Gasteiger partial charge in [-0.05, 0) is 13.8 Å². The molecule has 0 aromatic carbocycles. The van der Waals surface area contributed by atoms with Gasteiger partial charge in [0.1, 0.15) is 29.8 Å². The summed E-state index contributed by atoms with van der Waals surface area (Å²) in [5.74, 6) is 0. The molecule has 21 heavy (non-hydrogen) atoms. The first-order valence-corrected chi connectivity index (χ1v) is 7.26. The Bertz CT molecular complexity index is 432. The van der Waals surface area contributed by atoms with Gasteiger partial charge in [0, 0.05) is 6.54 Å². The Balaban J connectivity index is 2.21. The Hall–Kier alpha value is -0.550. The average molecular weight is 330 g/mol. The molecule has 6 nitrogen and oxygen atoms in total. The van der Waals surface area contributed by atoms with Crippen LogP contribution in [0.3, 0.4) is 0 Å². The zero-order chi connectivity index (χ0) is 16.0. The summed E-state index contributed by atoms with van der Waals surface area (Å²) in [6.45, 7) is 2.88. The van der Waals surface area contributed by atoms with Crippen molar-refractivity contribution in [2.24, 2.45) is 4.99 Å². The summed E-state index contributed by atoms with van der Waals surface area (Å²) in [7, 11) is 0. The van der Waals surface area contributed by atoms with Crippen LogP contribution in [0.1, 0.15) is 13.8 Å². The normalized spacial score (nSPS) is 39.4. The molecule has 0 aromatic heterocycles. The van der Waals surface area contributed by atoms with Gasteiger partial charge >= 0.3 is 6.18 Å². The van der Waals surface area contributed by atoms with Crippen LogP contribution in [0.2, 0.25) is 0 Å². The third-order valence-corrected chi connectivity index (χ3v) is 4.61. The largest absolute Gasteiger partial charge is 0.419 e. The molecule has 4 N–H and O–H groups in total. The van der Waals surface area contributed by atoms with Gasteiger partial charge in [0.2, 0.25) is 0 Å². The summed E-state index contributed by atoms with van der Waals surface area (Å²) in [4.78, 5) is 4.08. The molecule has 1 saturated heterocycles. The predicted molar refractivity (Wildman–Crippen MR) is 69.8 cm³/mol. The van der Waals surface area contributed by atoms with Crippen LogP contribution >= 0.6 is 11.8 Å². The quantitative estimate of drug-likeness (QED) is 0.562. The molecule has 2 rings (SSSR count).